The molecule has 0 spiro atoms. The van der Waals surface area contributed by atoms with Crippen LogP contribution in [0.25, 0.3) is 0 Å². The molecule has 0 amide bonds. The van der Waals surface area contributed by atoms with Crippen LogP contribution in [0, 0.1) is 6.92 Å². The van der Waals surface area contributed by atoms with Crippen LogP contribution in [0.3, 0.4) is 0 Å². The first-order chi connectivity index (χ1) is 6.77. The van der Waals surface area contributed by atoms with Crippen LogP contribution in [0.1, 0.15) is 30.4 Å². The fraction of sp³-hybridized carbons (Fsp3) is 0.538. The van der Waals surface area contributed by atoms with Gasteiger partial charge in [0.05, 0.1) is 0 Å². The molecule has 1 heteroatoms. The topological polar surface area (TPSA) is 3.24 Å². The van der Waals surface area contributed by atoms with Crippen LogP contribution >= 0.6 is 0 Å². The molecular weight excluding hydrogens is 170 g/mol. The molecule has 1 aliphatic heterocycles. The zero-order chi connectivity index (χ0) is 9.97. The second kappa shape index (κ2) is 4.04. The smallest absolute Gasteiger partial charge is 0.0396 e. The monoisotopic (exact) mass is 189 g/mol. The van der Waals surface area contributed by atoms with E-state index in [0.29, 0.717) is 0 Å². The van der Waals surface area contributed by atoms with E-state index in [1.807, 2.05) is 0 Å². The van der Waals surface area contributed by atoms with Crippen molar-refractivity contribution in [2.45, 2.75) is 32.6 Å². The van der Waals surface area contributed by atoms with Crippen LogP contribution in [0.5, 0.6) is 0 Å². The summed E-state index contributed by atoms with van der Waals surface area (Å²) in [5.74, 6) is 0. The highest BCUT2D eigenvalue weighted by molar-refractivity contribution is 5.54. The van der Waals surface area contributed by atoms with Crippen molar-refractivity contribution in [3.63, 3.8) is 0 Å². The average molecular weight is 189 g/mol. The van der Waals surface area contributed by atoms with Crippen molar-refractivity contribution in [2.75, 3.05) is 18.5 Å². The summed E-state index contributed by atoms with van der Waals surface area (Å²) < 4.78 is 0. The predicted octanol–water partition coefficient (Wildman–Crippen LogP) is 3.16. The highest BCUT2D eigenvalue weighted by Gasteiger charge is 2.10. The fourth-order valence-electron chi connectivity index (χ4n) is 2.25. The van der Waals surface area contributed by atoms with Gasteiger partial charge in [-0.25, -0.2) is 0 Å². The molecule has 14 heavy (non-hydrogen) atoms. The summed E-state index contributed by atoms with van der Waals surface area (Å²) in [5.41, 5.74) is 4.36. The first-order valence-corrected chi connectivity index (χ1v) is 5.58. The van der Waals surface area contributed by atoms with Gasteiger partial charge in [0.1, 0.15) is 0 Å². The van der Waals surface area contributed by atoms with Crippen molar-refractivity contribution in [3.05, 3.63) is 29.3 Å². The third-order valence-electron chi connectivity index (χ3n) is 3.09. The number of benzene rings is 1. The number of hydrogen-bond acceptors (Lipinski definition) is 1. The molecule has 0 unspecified atom stereocenters. The number of rotatable bonds is 0. The Balaban J connectivity index is 2.36. The molecule has 1 aromatic carbocycles. The van der Waals surface area contributed by atoms with Crippen molar-refractivity contribution in [1.82, 2.24) is 0 Å². The van der Waals surface area contributed by atoms with E-state index in [0.717, 1.165) is 0 Å². The molecule has 76 valence electrons. The first kappa shape index (κ1) is 9.57. The van der Waals surface area contributed by atoms with E-state index in [1.165, 1.54) is 49.0 Å². The Kier molecular flexibility index (Phi) is 2.76. The lowest BCUT2D eigenvalue weighted by molar-refractivity contribution is 0.652. The van der Waals surface area contributed by atoms with Crippen LogP contribution in [0.2, 0.25) is 0 Å². The predicted molar refractivity (Wildman–Crippen MR) is 62.0 cm³/mol. The van der Waals surface area contributed by atoms with Gasteiger partial charge in [0.2, 0.25) is 0 Å². The molecule has 0 saturated carbocycles. The summed E-state index contributed by atoms with van der Waals surface area (Å²) in [5, 5.41) is 0. The third-order valence-corrected chi connectivity index (χ3v) is 3.09. The van der Waals surface area contributed by atoms with Gasteiger partial charge < -0.3 is 4.90 Å². The van der Waals surface area contributed by atoms with Gasteiger partial charge in [-0.1, -0.05) is 24.1 Å². The zero-order valence-electron chi connectivity index (χ0n) is 9.21. The van der Waals surface area contributed by atoms with E-state index in [4.69, 9.17) is 0 Å². The summed E-state index contributed by atoms with van der Waals surface area (Å²) in [6, 6.07) is 6.84. The van der Waals surface area contributed by atoms with Crippen LogP contribution in [0.4, 0.5) is 5.69 Å². The van der Waals surface area contributed by atoms with Gasteiger partial charge in [-0.3, -0.25) is 0 Å². The maximum atomic E-state index is 2.40. The lowest BCUT2D eigenvalue weighted by Gasteiger charge is -2.25. The molecule has 0 aromatic heterocycles. The SMILES string of the molecule is Cc1ccc2c(c1)CCCCCN2C. The number of aryl methyl sites for hydroxylation is 2. The Morgan fingerprint density at radius 3 is 2.86 bits per heavy atom. The van der Waals surface area contributed by atoms with Crippen LogP contribution in [0.15, 0.2) is 18.2 Å². The number of hydrogen-bond donors (Lipinski definition) is 0. The Bertz CT molecular complexity index is 317. The third kappa shape index (κ3) is 1.92. The highest BCUT2D eigenvalue weighted by Crippen LogP contribution is 2.25. The molecule has 1 heterocycles. The molecule has 0 aliphatic carbocycles. The van der Waals surface area contributed by atoms with Gasteiger partial charge in [-0.2, -0.15) is 0 Å². The molecular formula is C13H19N. The molecule has 0 bridgehead atoms. The van der Waals surface area contributed by atoms with Crippen molar-refractivity contribution in [1.29, 1.82) is 0 Å². The zero-order valence-corrected chi connectivity index (χ0v) is 9.21. The Hall–Kier alpha value is -0.980. The van der Waals surface area contributed by atoms with Gasteiger partial charge >= 0.3 is 0 Å². The largest absolute Gasteiger partial charge is 0.374 e. The summed E-state index contributed by atoms with van der Waals surface area (Å²) in [7, 11) is 2.21. The van der Waals surface area contributed by atoms with E-state index in [2.05, 4.69) is 37.1 Å². The van der Waals surface area contributed by atoms with Gasteiger partial charge in [-0.15, -0.1) is 0 Å². The van der Waals surface area contributed by atoms with Crippen molar-refractivity contribution < 1.29 is 0 Å². The fourth-order valence-corrected chi connectivity index (χ4v) is 2.25. The maximum absolute atomic E-state index is 2.40. The van der Waals surface area contributed by atoms with E-state index in [1.54, 1.807) is 0 Å². The molecule has 0 fully saturated rings. The normalized spacial score (nSPS) is 17.1. The molecule has 0 N–H and O–H groups in total. The molecule has 1 aromatic rings. The van der Waals surface area contributed by atoms with E-state index >= 15 is 0 Å². The lowest BCUT2D eigenvalue weighted by atomic mass is 10.00. The van der Waals surface area contributed by atoms with Crippen LogP contribution < -0.4 is 4.90 Å². The van der Waals surface area contributed by atoms with Crippen molar-refractivity contribution in [2.24, 2.45) is 0 Å². The highest BCUT2D eigenvalue weighted by atomic mass is 15.1. The van der Waals surface area contributed by atoms with Crippen molar-refractivity contribution >= 4 is 5.69 Å². The number of nitrogens with zero attached hydrogens (tertiary/aromatic N) is 1. The van der Waals surface area contributed by atoms with Gasteiger partial charge in [0.15, 0.2) is 0 Å². The molecule has 0 saturated heterocycles. The molecule has 2 rings (SSSR count). The first-order valence-electron chi connectivity index (χ1n) is 5.58. The molecule has 1 nitrogen and oxygen atoms in total. The molecule has 0 radical (unpaired) electrons. The Morgan fingerprint density at radius 1 is 1.14 bits per heavy atom. The summed E-state index contributed by atoms with van der Waals surface area (Å²) in [6.07, 6.45) is 5.31. The van der Waals surface area contributed by atoms with Gasteiger partial charge in [0, 0.05) is 19.3 Å². The molecule has 0 atom stereocenters. The number of fused-ring (bicyclic) bond motifs is 1. The van der Waals surface area contributed by atoms with Crippen LogP contribution in [-0.4, -0.2) is 13.6 Å². The Morgan fingerprint density at radius 2 is 2.00 bits per heavy atom. The summed E-state index contributed by atoms with van der Waals surface area (Å²) in [6.45, 7) is 3.38. The second-order valence-electron chi connectivity index (χ2n) is 4.36. The average Bonchev–Trinajstić information content (AvgIpc) is 2.14. The van der Waals surface area contributed by atoms with Crippen LogP contribution in [-0.2, 0) is 6.42 Å². The minimum atomic E-state index is 1.20. The van der Waals surface area contributed by atoms with Gasteiger partial charge in [-0.05, 0) is 37.8 Å². The molecule has 1 aliphatic rings. The maximum Gasteiger partial charge on any atom is 0.0396 e. The van der Waals surface area contributed by atoms with E-state index in [-0.39, 0.29) is 0 Å². The second-order valence-corrected chi connectivity index (χ2v) is 4.36. The van der Waals surface area contributed by atoms with E-state index < -0.39 is 0 Å². The number of anilines is 1. The minimum absolute atomic E-state index is 1.20. The van der Waals surface area contributed by atoms with E-state index in [9.17, 15) is 0 Å². The Labute approximate surface area is 86.7 Å². The summed E-state index contributed by atoms with van der Waals surface area (Å²) in [4.78, 5) is 2.40. The minimum Gasteiger partial charge on any atom is -0.374 e. The van der Waals surface area contributed by atoms with Gasteiger partial charge in [0.25, 0.3) is 0 Å². The quantitative estimate of drug-likeness (QED) is 0.606. The standard InChI is InChI=1S/C13H19N/c1-11-7-8-13-12(10-11)6-4-3-5-9-14(13)2/h7-8,10H,3-6,9H2,1-2H3. The van der Waals surface area contributed by atoms with Crippen molar-refractivity contribution in [3.8, 4) is 0 Å². The summed E-state index contributed by atoms with van der Waals surface area (Å²) >= 11 is 0. The lowest BCUT2D eigenvalue weighted by Crippen LogP contribution is -2.21.